The third kappa shape index (κ3) is 4.11. The maximum atomic E-state index is 5.44. The van der Waals surface area contributed by atoms with Gasteiger partial charge in [0.1, 0.15) is 4.83 Å². The molecule has 4 heterocycles. The van der Waals surface area contributed by atoms with Crippen molar-refractivity contribution in [2.75, 3.05) is 0 Å². The molecule has 224 valence electrons. The minimum Gasteiger partial charge on any atom is -0.308 e. The van der Waals surface area contributed by atoms with E-state index in [1.807, 2.05) is 18.2 Å². The highest BCUT2D eigenvalue weighted by atomic mass is 32.1. The molecule has 0 spiro atoms. The van der Waals surface area contributed by atoms with E-state index < -0.39 is 0 Å². The second kappa shape index (κ2) is 10.7. The molecule has 5 heteroatoms. The van der Waals surface area contributed by atoms with Crippen LogP contribution in [0.15, 0.2) is 158 Å². The average Bonchev–Trinajstić information content (AvgIpc) is 3.71. The van der Waals surface area contributed by atoms with Crippen LogP contribution in [0.2, 0.25) is 0 Å². The van der Waals surface area contributed by atoms with E-state index in [1.54, 1.807) is 11.3 Å². The molecule has 0 atom stereocenters. The van der Waals surface area contributed by atoms with E-state index in [1.165, 1.54) is 31.9 Å². The summed E-state index contributed by atoms with van der Waals surface area (Å²) in [7, 11) is 0. The maximum absolute atomic E-state index is 5.44. The van der Waals surface area contributed by atoms with Crippen molar-refractivity contribution in [3.8, 4) is 39.6 Å². The van der Waals surface area contributed by atoms with Crippen molar-refractivity contribution in [2.45, 2.75) is 0 Å². The van der Waals surface area contributed by atoms with E-state index in [-0.39, 0.29) is 0 Å². The van der Waals surface area contributed by atoms with Crippen LogP contribution in [-0.4, -0.2) is 19.5 Å². The largest absolute Gasteiger partial charge is 0.308 e. The molecule has 0 saturated carbocycles. The lowest BCUT2D eigenvalue weighted by Crippen LogP contribution is -1.96. The highest BCUT2D eigenvalue weighted by Gasteiger charge is 2.23. The van der Waals surface area contributed by atoms with Crippen LogP contribution in [0.25, 0.3) is 92.6 Å². The van der Waals surface area contributed by atoms with Crippen molar-refractivity contribution in [3.63, 3.8) is 0 Å². The summed E-state index contributed by atoms with van der Waals surface area (Å²) in [6, 6.07) is 55.2. The Kier molecular flexibility index (Phi) is 6.01. The summed E-state index contributed by atoms with van der Waals surface area (Å²) in [6.07, 6.45) is 0. The first-order valence-corrected chi connectivity index (χ1v) is 16.9. The molecule has 0 unspecified atom stereocenters. The van der Waals surface area contributed by atoms with Gasteiger partial charge >= 0.3 is 0 Å². The molecule has 0 fully saturated rings. The molecule has 10 aromatic rings. The van der Waals surface area contributed by atoms with Crippen LogP contribution < -0.4 is 0 Å². The molecule has 4 nitrogen and oxygen atoms in total. The lowest BCUT2D eigenvalue weighted by atomic mass is 10.0. The monoisotopic (exact) mass is 630 g/mol. The van der Waals surface area contributed by atoms with Gasteiger partial charge in [0.2, 0.25) is 0 Å². The van der Waals surface area contributed by atoms with Gasteiger partial charge in [-0.2, -0.15) is 0 Å². The van der Waals surface area contributed by atoms with Crippen LogP contribution in [0, 0.1) is 0 Å². The first kappa shape index (κ1) is 27.0. The zero-order valence-corrected chi connectivity index (χ0v) is 26.5. The predicted octanol–water partition coefficient (Wildman–Crippen LogP) is 11.5. The normalized spacial score (nSPS) is 11.8. The van der Waals surface area contributed by atoms with E-state index in [2.05, 4.69) is 144 Å². The van der Waals surface area contributed by atoms with Gasteiger partial charge in [-0.05, 0) is 30.3 Å². The summed E-state index contributed by atoms with van der Waals surface area (Å²) in [5, 5.41) is 5.82. The molecule has 48 heavy (non-hydrogen) atoms. The highest BCUT2D eigenvalue weighted by Crippen LogP contribution is 2.45. The van der Waals surface area contributed by atoms with Gasteiger partial charge in [0.15, 0.2) is 5.82 Å². The van der Waals surface area contributed by atoms with E-state index >= 15 is 0 Å². The van der Waals surface area contributed by atoms with Crippen molar-refractivity contribution < 1.29 is 0 Å². The number of nitrogens with zero attached hydrogens (tertiary/aromatic N) is 4. The highest BCUT2D eigenvalue weighted by molar-refractivity contribution is 7.25. The lowest BCUT2D eigenvalue weighted by Gasteiger charge is -2.11. The second-order valence-electron chi connectivity index (χ2n) is 12.0. The van der Waals surface area contributed by atoms with Crippen LogP contribution in [-0.2, 0) is 0 Å². The number of rotatable bonds is 4. The Morgan fingerprint density at radius 3 is 1.88 bits per heavy atom. The summed E-state index contributed by atoms with van der Waals surface area (Å²) in [5.74, 6) is 0.706. The SMILES string of the molecule is c1ccc(-c2nc(-c3ccc(-c4nc5sc6ccccc6c5c5c4c4ccccc4n5-c4ccccc4)cc3)nc3ccccc23)cc1. The van der Waals surface area contributed by atoms with E-state index in [0.717, 1.165) is 54.9 Å². The number of hydrogen-bond donors (Lipinski definition) is 0. The fourth-order valence-electron chi connectivity index (χ4n) is 7.07. The van der Waals surface area contributed by atoms with Gasteiger partial charge in [0, 0.05) is 54.0 Å². The first-order valence-electron chi connectivity index (χ1n) is 16.0. The fourth-order valence-corrected chi connectivity index (χ4v) is 8.15. The Hall–Kier alpha value is -6.17. The molecule has 0 aliphatic carbocycles. The molecular formula is C43H26N4S. The summed E-state index contributed by atoms with van der Waals surface area (Å²) in [5.41, 5.74) is 9.43. The molecular weight excluding hydrogens is 605 g/mol. The van der Waals surface area contributed by atoms with Crippen molar-refractivity contribution in [2.24, 2.45) is 0 Å². The van der Waals surface area contributed by atoms with Crippen molar-refractivity contribution in [3.05, 3.63) is 158 Å². The van der Waals surface area contributed by atoms with Crippen LogP contribution in [0.3, 0.4) is 0 Å². The Bertz CT molecular complexity index is 2820. The minimum atomic E-state index is 0.706. The smallest absolute Gasteiger partial charge is 0.160 e. The summed E-state index contributed by atoms with van der Waals surface area (Å²) in [4.78, 5) is 16.6. The Morgan fingerprint density at radius 2 is 1.06 bits per heavy atom. The molecule has 0 saturated heterocycles. The number of fused-ring (bicyclic) bond motifs is 8. The van der Waals surface area contributed by atoms with E-state index in [0.29, 0.717) is 5.82 Å². The Morgan fingerprint density at radius 1 is 0.438 bits per heavy atom. The van der Waals surface area contributed by atoms with Crippen LogP contribution >= 0.6 is 11.3 Å². The average molecular weight is 631 g/mol. The molecule has 0 aliphatic rings. The third-order valence-corrected chi connectivity index (χ3v) is 10.3. The summed E-state index contributed by atoms with van der Waals surface area (Å²) in [6.45, 7) is 0. The van der Waals surface area contributed by atoms with Gasteiger partial charge in [0.25, 0.3) is 0 Å². The molecule has 4 aromatic heterocycles. The van der Waals surface area contributed by atoms with Gasteiger partial charge in [-0.3, -0.25) is 0 Å². The third-order valence-electron chi connectivity index (χ3n) is 9.22. The maximum Gasteiger partial charge on any atom is 0.160 e. The number of pyridine rings is 1. The van der Waals surface area contributed by atoms with Gasteiger partial charge in [0.05, 0.1) is 27.9 Å². The number of thiophene rings is 1. The number of aromatic nitrogens is 4. The first-order chi connectivity index (χ1) is 23.8. The summed E-state index contributed by atoms with van der Waals surface area (Å²) >= 11 is 1.76. The topological polar surface area (TPSA) is 43.6 Å². The van der Waals surface area contributed by atoms with E-state index in [4.69, 9.17) is 15.0 Å². The number of hydrogen-bond acceptors (Lipinski definition) is 4. The fraction of sp³-hybridized carbons (Fsp3) is 0. The minimum absolute atomic E-state index is 0.706. The predicted molar refractivity (Wildman–Crippen MR) is 201 cm³/mol. The molecule has 0 radical (unpaired) electrons. The molecule has 0 aliphatic heterocycles. The van der Waals surface area contributed by atoms with E-state index in [9.17, 15) is 0 Å². The zero-order valence-electron chi connectivity index (χ0n) is 25.7. The van der Waals surface area contributed by atoms with Crippen LogP contribution in [0.4, 0.5) is 0 Å². The quantitative estimate of drug-likeness (QED) is 0.194. The van der Waals surface area contributed by atoms with Gasteiger partial charge in [-0.15, -0.1) is 11.3 Å². The standard InChI is InChI=1S/C43H26N4S/c1-3-13-27(14-4-1)39-31-17-7-10-20-34(31)44-42(45-39)29-25-23-28(24-26-29)40-37-32-18-8-11-21-35(32)47(30-15-5-2-6-16-30)41(37)38-33-19-9-12-22-36(33)48-43(38)46-40/h1-26H. The molecule has 0 amide bonds. The zero-order chi connectivity index (χ0) is 31.6. The van der Waals surface area contributed by atoms with Gasteiger partial charge in [-0.1, -0.05) is 127 Å². The number of benzene rings is 6. The molecule has 0 bridgehead atoms. The lowest BCUT2D eigenvalue weighted by molar-refractivity contribution is 1.19. The Balaban J connectivity index is 1.22. The van der Waals surface area contributed by atoms with Gasteiger partial charge in [-0.25, -0.2) is 15.0 Å². The second-order valence-corrected chi connectivity index (χ2v) is 13.0. The van der Waals surface area contributed by atoms with Crippen molar-refractivity contribution in [1.29, 1.82) is 0 Å². The van der Waals surface area contributed by atoms with Crippen LogP contribution in [0.5, 0.6) is 0 Å². The Labute approximate surface area is 280 Å². The summed E-state index contributed by atoms with van der Waals surface area (Å²) < 4.78 is 3.65. The number of para-hydroxylation sites is 3. The van der Waals surface area contributed by atoms with Gasteiger partial charge < -0.3 is 4.57 Å². The van der Waals surface area contributed by atoms with Crippen molar-refractivity contribution >= 4 is 64.3 Å². The molecule has 10 rings (SSSR count). The molecule has 6 aromatic carbocycles. The molecule has 0 N–H and O–H groups in total. The van der Waals surface area contributed by atoms with Crippen molar-refractivity contribution in [1.82, 2.24) is 19.5 Å². The van der Waals surface area contributed by atoms with Crippen LogP contribution in [0.1, 0.15) is 0 Å².